The van der Waals surface area contributed by atoms with Crippen molar-refractivity contribution >= 4 is 11.8 Å². The van der Waals surface area contributed by atoms with Gasteiger partial charge in [0.25, 0.3) is 5.22 Å². The predicted octanol–water partition coefficient (Wildman–Crippen LogP) is 4.34. The maximum atomic E-state index is 13.8. The van der Waals surface area contributed by atoms with Gasteiger partial charge in [-0.25, -0.2) is 4.39 Å². The van der Waals surface area contributed by atoms with Gasteiger partial charge in [-0.2, -0.15) is 0 Å². The minimum absolute atomic E-state index is 0.175. The van der Waals surface area contributed by atoms with E-state index in [9.17, 15) is 4.39 Å². The topological polar surface area (TPSA) is 57.4 Å². The molecular weight excluding hydrogens is 343 g/mol. The van der Waals surface area contributed by atoms with Gasteiger partial charge < -0.3 is 13.9 Å². The third-order valence-electron chi connectivity index (χ3n) is 3.81. The summed E-state index contributed by atoms with van der Waals surface area (Å²) < 4.78 is 30.2. The number of benzene rings is 2. The maximum Gasteiger partial charge on any atom is 0.277 e. The first-order chi connectivity index (χ1) is 12.2. The average molecular weight is 358 g/mol. The lowest BCUT2D eigenvalue weighted by molar-refractivity contribution is -0.0171. The van der Waals surface area contributed by atoms with E-state index in [4.69, 9.17) is 13.9 Å². The second-order valence-electron chi connectivity index (χ2n) is 5.69. The highest BCUT2D eigenvalue weighted by Gasteiger charge is 2.18. The zero-order valence-corrected chi connectivity index (χ0v) is 14.3. The van der Waals surface area contributed by atoms with E-state index in [-0.39, 0.29) is 12.6 Å². The van der Waals surface area contributed by atoms with E-state index >= 15 is 0 Å². The van der Waals surface area contributed by atoms with E-state index in [1.807, 2.05) is 31.2 Å². The lowest BCUT2D eigenvalue weighted by Crippen LogP contribution is -2.13. The molecule has 128 valence electrons. The highest BCUT2D eigenvalue weighted by molar-refractivity contribution is 7.98. The van der Waals surface area contributed by atoms with E-state index in [0.717, 1.165) is 16.7 Å². The summed E-state index contributed by atoms with van der Waals surface area (Å²) in [4.78, 5) is 0. The van der Waals surface area contributed by atoms with Gasteiger partial charge in [-0.15, -0.1) is 10.2 Å². The Labute approximate surface area is 148 Å². The molecule has 1 aromatic heterocycles. The Hall–Kier alpha value is -2.38. The van der Waals surface area contributed by atoms with Gasteiger partial charge in [0.15, 0.2) is 6.79 Å². The number of nitrogens with zero attached hydrogens (tertiary/aromatic N) is 2. The Balaban J connectivity index is 1.51. The van der Waals surface area contributed by atoms with E-state index in [1.165, 1.54) is 23.9 Å². The minimum Gasteiger partial charge on any atom is -0.467 e. The van der Waals surface area contributed by atoms with Crippen LogP contribution in [-0.4, -0.2) is 17.0 Å². The lowest BCUT2D eigenvalue weighted by atomic mass is 10.1. The third-order valence-corrected chi connectivity index (χ3v) is 4.68. The highest BCUT2D eigenvalue weighted by Crippen LogP contribution is 2.34. The summed E-state index contributed by atoms with van der Waals surface area (Å²) in [5.74, 6) is 1.30. The zero-order chi connectivity index (χ0) is 17.2. The molecule has 5 nitrogen and oxygen atoms in total. The fourth-order valence-electron chi connectivity index (χ4n) is 2.58. The Morgan fingerprint density at radius 1 is 1.16 bits per heavy atom. The summed E-state index contributed by atoms with van der Waals surface area (Å²) in [6.45, 7) is 2.54. The van der Waals surface area contributed by atoms with Crippen molar-refractivity contribution in [1.29, 1.82) is 0 Å². The second kappa shape index (κ2) is 6.85. The maximum absolute atomic E-state index is 13.8. The number of halogens is 1. The quantitative estimate of drug-likeness (QED) is 0.647. The first kappa shape index (κ1) is 16.1. The zero-order valence-electron chi connectivity index (χ0n) is 13.5. The molecule has 1 aliphatic heterocycles. The molecule has 2 aromatic carbocycles. The van der Waals surface area contributed by atoms with Crippen LogP contribution in [0, 0.1) is 12.7 Å². The molecule has 25 heavy (non-hydrogen) atoms. The van der Waals surface area contributed by atoms with Crippen LogP contribution < -0.4 is 4.74 Å². The van der Waals surface area contributed by atoms with Crippen molar-refractivity contribution < 1.29 is 18.3 Å². The predicted molar refractivity (Wildman–Crippen MR) is 90.7 cm³/mol. The number of aryl methyl sites for hydroxylation is 1. The van der Waals surface area contributed by atoms with Crippen molar-refractivity contribution in [3.8, 4) is 17.2 Å². The third kappa shape index (κ3) is 3.52. The minimum atomic E-state index is -0.311. The molecule has 4 rings (SSSR count). The highest BCUT2D eigenvalue weighted by atomic mass is 32.2. The summed E-state index contributed by atoms with van der Waals surface area (Å²) in [6, 6.07) is 10.8. The van der Waals surface area contributed by atoms with Gasteiger partial charge in [0.2, 0.25) is 5.89 Å². The van der Waals surface area contributed by atoms with Crippen LogP contribution in [0.25, 0.3) is 11.5 Å². The van der Waals surface area contributed by atoms with Gasteiger partial charge in [-0.3, -0.25) is 0 Å². The smallest absolute Gasteiger partial charge is 0.277 e. The van der Waals surface area contributed by atoms with Gasteiger partial charge in [0, 0.05) is 22.4 Å². The Bertz CT molecular complexity index is 896. The summed E-state index contributed by atoms with van der Waals surface area (Å²) in [7, 11) is 0. The van der Waals surface area contributed by atoms with Crippen LogP contribution >= 0.6 is 11.8 Å². The number of hydrogen-bond donors (Lipinski definition) is 0. The molecule has 0 saturated heterocycles. The standard InChI is InChI=1S/C18H15FN2O3S/c1-11-2-4-12(5-3-11)17-20-21-18(24-17)25-9-14-7-15(19)6-13-8-22-10-23-16(13)14/h2-7H,8-10H2,1H3. The van der Waals surface area contributed by atoms with Gasteiger partial charge >= 0.3 is 0 Å². The molecule has 0 aliphatic carbocycles. The molecule has 0 atom stereocenters. The number of fused-ring (bicyclic) bond motifs is 1. The first-order valence-corrected chi connectivity index (χ1v) is 8.73. The van der Waals surface area contributed by atoms with Gasteiger partial charge in [0.1, 0.15) is 11.6 Å². The SMILES string of the molecule is Cc1ccc(-c2nnc(SCc3cc(F)cc4c3OCOC4)o2)cc1. The van der Waals surface area contributed by atoms with E-state index in [0.29, 0.717) is 34.8 Å². The van der Waals surface area contributed by atoms with Crippen molar-refractivity contribution in [3.05, 3.63) is 58.9 Å². The molecule has 0 bridgehead atoms. The van der Waals surface area contributed by atoms with Crippen molar-refractivity contribution in [2.45, 2.75) is 24.5 Å². The van der Waals surface area contributed by atoms with Crippen molar-refractivity contribution in [2.24, 2.45) is 0 Å². The fourth-order valence-corrected chi connectivity index (χ4v) is 3.31. The van der Waals surface area contributed by atoms with Crippen LogP contribution in [0.15, 0.2) is 46.0 Å². The summed E-state index contributed by atoms with van der Waals surface area (Å²) in [5.41, 5.74) is 3.50. The van der Waals surface area contributed by atoms with Crippen LogP contribution in [0.5, 0.6) is 5.75 Å². The molecule has 0 fully saturated rings. The van der Waals surface area contributed by atoms with E-state index in [1.54, 1.807) is 0 Å². The molecule has 3 aromatic rings. The molecule has 0 N–H and O–H groups in total. The number of thioether (sulfide) groups is 1. The number of aromatic nitrogens is 2. The summed E-state index contributed by atoms with van der Waals surface area (Å²) >= 11 is 1.35. The van der Waals surface area contributed by atoms with Crippen LogP contribution in [0.2, 0.25) is 0 Å². The van der Waals surface area contributed by atoms with Gasteiger partial charge in [-0.1, -0.05) is 29.5 Å². The van der Waals surface area contributed by atoms with Crippen molar-refractivity contribution in [2.75, 3.05) is 6.79 Å². The number of rotatable bonds is 4. The molecule has 1 aliphatic rings. The summed E-state index contributed by atoms with van der Waals surface area (Å²) in [6.07, 6.45) is 0. The second-order valence-corrected chi connectivity index (χ2v) is 6.62. The number of hydrogen-bond acceptors (Lipinski definition) is 6. The fraction of sp³-hybridized carbons (Fsp3) is 0.222. The van der Waals surface area contributed by atoms with Crippen LogP contribution in [0.1, 0.15) is 16.7 Å². The van der Waals surface area contributed by atoms with E-state index in [2.05, 4.69) is 10.2 Å². The van der Waals surface area contributed by atoms with Crippen LogP contribution in [0.3, 0.4) is 0 Å². The molecule has 0 unspecified atom stereocenters. The van der Waals surface area contributed by atoms with Crippen molar-refractivity contribution in [1.82, 2.24) is 10.2 Å². The molecule has 2 heterocycles. The first-order valence-electron chi connectivity index (χ1n) is 7.74. The average Bonchev–Trinajstić information content (AvgIpc) is 3.09. The van der Waals surface area contributed by atoms with Crippen LogP contribution in [-0.2, 0) is 17.1 Å². The van der Waals surface area contributed by atoms with Crippen LogP contribution in [0.4, 0.5) is 4.39 Å². The molecule has 0 saturated carbocycles. The Morgan fingerprint density at radius 2 is 2.00 bits per heavy atom. The number of ether oxygens (including phenoxy) is 2. The lowest BCUT2D eigenvalue weighted by Gasteiger charge is -2.20. The normalized spacial score (nSPS) is 13.4. The largest absolute Gasteiger partial charge is 0.467 e. The molecule has 7 heteroatoms. The van der Waals surface area contributed by atoms with Crippen molar-refractivity contribution in [3.63, 3.8) is 0 Å². The van der Waals surface area contributed by atoms with Gasteiger partial charge in [-0.05, 0) is 31.2 Å². The van der Waals surface area contributed by atoms with Gasteiger partial charge in [0.05, 0.1) is 6.61 Å². The molecule has 0 amide bonds. The summed E-state index contributed by atoms with van der Waals surface area (Å²) in [5, 5.41) is 8.55. The molecule has 0 radical (unpaired) electrons. The Kier molecular flexibility index (Phi) is 4.42. The molecule has 0 spiro atoms. The monoisotopic (exact) mass is 358 g/mol. The Morgan fingerprint density at radius 3 is 2.84 bits per heavy atom. The van der Waals surface area contributed by atoms with E-state index < -0.39 is 0 Å². The molecular formula is C18H15FN2O3S.